The van der Waals surface area contributed by atoms with Crippen molar-refractivity contribution in [3.8, 4) is 5.75 Å². The smallest absolute Gasteiger partial charge is 0.237 e. The molecule has 1 amide bonds. The highest BCUT2D eigenvalue weighted by molar-refractivity contribution is 8.00. The molecule has 2 aromatic rings. The predicted octanol–water partition coefficient (Wildman–Crippen LogP) is 3.42. The number of hydrogen-bond donors (Lipinski definition) is 1. The summed E-state index contributed by atoms with van der Waals surface area (Å²) in [5, 5.41) is 3.53. The lowest BCUT2D eigenvalue weighted by Crippen LogP contribution is -2.23. The molecule has 0 aliphatic heterocycles. The second kappa shape index (κ2) is 7.89. The van der Waals surface area contributed by atoms with Gasteiger partial charge in [-0.25, -0.2) is 4.98 Å². The van der Waals surface area contributed by atoms with Crippen molar-refractivity contribution >= 4 is 23.4 Å². The van der Waals surface area contributed by atoms with Crippen LogP contribution in [0.1, 0.15) is 20.8 Å². The number of carbonyl (C=O) groups is 1. The van der Waals surface area contributed by atoms with E-state index < -0.39 is 0 Å². The first kappa shape index (κ1) is 16.4. The molecular formula is C16H21N3O2S. The largest absolute Gasteiger partial charge is 0.492 e. The van der Waals surface area contributed by atoms with Gasteiger partial charge in [0.1, 0.15) is 5.75 Å². The quantitative estimate of drug-likeness (QED) is 0.795. The minimum absolute atomic E-state index is 0.0668. The number of aryl methyl sites for hydroxylation is 1. The van der Waals surface area contributed by atoms with Crippen molar-refractivity contribution in [2.24, 2.45) is 0 Å². The van der Waals surface area contributed by atoms with E-state index in [1.165, 1.54) is 11.8 Å². The number of anilines is 1. The molecule has 2 rings (SSSR count). The summed E-state index contributed by atoms with van der Waals surface area (Å²) >= 11 is 1.45. The van der Waals surface area contributed by atoms with Crippen molar-refractivity contribution < 1.29 is 9.53 Å². The molecule has 0 spiro atoms. The molecule has 1 heterocycles. The first-order chi connectivity index (χ1) is 10.7. The number of thioether (sulfide) groups is 1. The molecule has 1 atom stereocenters. The molecule has 0 radical (unpaired) electrons. The van der Waals surface area contributed by atoms with Gasteiger partial charge in [-0.3, -0.25) is 4.79 Å². The Morgan fingerprint density at radius 2 is 2.18 bits per heavy atom. The Morgan fingerprint density at radius 3 is 2.91 bits per heavy atom. The summed E-state index contributed by atoms with van der Waals surface area (Å²) in [6.45, 7) is 7.24. The van der Waals surface area contributed by atoms with Crippen LogP contribution in [-0.2, 0) is 11.3 Å². The van der Waals surface area contributed by atoms with Crippen LogP contribution in [0.15, 0.2) is 41.8 Å². The van der Waals surface area contributed by atoms with E-state index in [9.17, 15) is 4.79 Å². The number of benzene rings is 1. The number of rotatable bonds is 7. The van der Waals surface area contributed by atoms with Crippen LogP contribution in [0, 0.1) is 0 Å². The standard InChI is InChI=1S/C16H21N3O2S/c1-4-19-11-10-17-16(19)22-12(3)15(20)18-13-8-6-7-9-14(13)21-5-2/h6-12H,4-5H2,1-3H3,(H,18,20). The number of nitrogens with one attached hydrogen (secondary N) is 1. The Balaban J connectivity index is 2.02. The van der Waals surface area contributed by atoms with Crippen LogP contribution in [0.25, 0.3) is 0 Å². The lowest BCUT2D eigenvalue weighted by molar-refractivity contribution is -0.115. The summed E-state index contributed by atoms with van der Waals surface area (Å²) in [7, 11) is 0. The molecule has 0 fully saturated rings. The molecule has 22 heavy (non-hydrogen) atoms. The van der Waals surface area contributed by atoms with E-state index in [4.69, 9.17) is 4.74 Å². The third-order valence-corrected chi connectivity index (χ3v) is 4.23. The molecule has 118 valence electrons. The second-order valence-corrected chi connectivity index (χ2v) is 5.98. The summed E-state index contributed by atoms with van der Waals surface area (Å²) < 4.78 is 7.54. The van der Waals surface area contributed by atoms with Crippen LogP contribution < -0.4 is 10.1 Å². The van der Waals surface area contributed by atoms with Gasteiger partial charge in [-0.05, 0) is 32.9 Å². The van der Waals surface area contributed by atoms with Crippen molar-refractivity contribution in [3.05, 3.63) is 36.7 Å². The topological polar surface area (TPSA) is 56.1 Å². The fraction of sp³-hybridized carbons (Fsp3) is 0.375. The van der Waals surface area contributed by atoms with Gasteiger partial charge in [-0.2, -0.15) is 0 Å². The monoisotopic (exact) mass is 319 g/mol. The number of hydrogen-bond acceptors (Lipinski definition) is 4. The number of carbonyl (C=O) groups excluding carboxylic acids is 1. The minimum Gasteiger partial charge on any atom is -0.492 e. The third kappa shape index (κ3) is 4.04. The average molecular weight is 319 g/mol. The van der Waals surface area contributed by atoms with Gasteiger partial charge in [-0.1, -0.05) is 23.9 Å². The van der Waals surface area contributed by atoms with Crippen molar-refractivity contribution in [3.63, 3.8) is 0 Å². The Hall–Kier alpha value is -1.95. The zero-order valence-corrected chi connectivity index (χ0v) is 13.9. The molecule has 1 aromatic carbocycles. The number of amides is 1. The summed E-state index contributed by atoms with van der Waals surface area (Å²) in [6.07, 6.45) is 3.66. The maximum absolute atomic E-state index is 12.4. The van der Waals surface area contributed by atoms with Crippen LogP contribution in [0.3, 0.4) is 0 Å². The summed E-state index contributed by atoms with van der Waals surface area (Å²) in [5.74, 6) is 0.619. The molecule has 1 aromatic heterocycles. The maximum atomic E-state index is 12.4. The zero-order chi connectivity index (χ0) is 15.9. The van der Waals surface area contributed by atoms with Crippen LogP contribution in [0.5, 0.6) is 5.75 Å². The van der Waals surface area contributed by atoms with Crippen molar-refractivity contribution in [1.82, 2.24) is 9.55 Å². The van der Waals surface area contributed by atoms with Crippen LogP contribution >= 0.6 is 11.8 Å². The summed E-state index contributed by atoms with van der Waals surface area (Å²) in [5.41, 5.74) is 0.695. The van der Waals surface area contributed by atoms with E-state index in [0.717, 1.165) is 11.7 Å². The van der Waals surface area contributed by atoms with Gasteiger partial charge >= 0.3 is 0 Å². The van der Waals surface area contributed by atoms with Gasteiger partial charge in [0.25, 0.3) is 0 Å². The van der Waals surface area contributed by atoms with Gasteiger partial charge in [0.15, 0.2) is 5.16 Å². The molecule has 5 nitrogen and oxygen atoms in total. The first-order valence-corrected chi connectivity index (χ1v) is 8.24. The van der Waals surface area contributed by atoms with Gasteiger partial charge in [-0.15, -0.1) is 0 Å². The Morgan fingerprint density at radius 1 is 1.41 bits per heavy atom. The number of imidazole rings is 1. The highest BCUT2D eigenvalue weighted by Gasteiger charge is 2.18. The second-order valence-electron chi connectivity index (χ2n) is 4.67. The molecule has 1 N–H and O–H groups in total. The van der Waals surface area contributed by atoms with Gasteiger partial charge in [0.2, 0.25) is 5.91 Å². The number of nitrogens with zero attached hydrogens (tertiary/aromatic N) is 2. The SMILES string of the molecule is CCOc1ccccc1NC(=O)C(C)Sc1nccn1CC. The maximum Gasteiger partial charge on any atom is 0.237 e. The Kier molecular flexibility index (Phi) is 5.89. The highest BCUT2D eigenvalue weighted by Crippen LogP contribution is 2.26. The van der Waals surface area contributed by atoms with E-state index >= 15 is 0 Å². The first-order valence-electron chi connectivity index (χ1n) is 7.36. The normalized spacial score (nSPS) is 12.0. The molecule has 0 saturated heterocycles. The van der Waals surface area contributed by atoms with Crippen molar-refractivity contribution in [2.45, 2.75) is 37.7 Å². The van der Waals surface area contributed by atoms with Crippen LogP contribution in [-0.4, -0.2) is 27.3 Å². The highest BCUT2D eigenvalue weighted by atomic mass is 32.2. The number of para-hydroxylation sites is 2. The van der Waals surface area contributed by atoms with Crippen molar-refractivity contribution in [2.75, 3.05) is 11.9 Å². The van der Waals surface area contributed by atoms with E-state index in [0.29, 0.717) is 18.0 Å². The van der Waals surface area contributed by atoms with Gasteiger partial charge in [0, 0.05) is 18.9 Å². The average Bonchev–Trinajstić information content (AvgIpc) is 2.96. The molecule has 0 saturated carbocycles. The van der Waals surface area contributed by atoms with Crippen molar-refractivity contribution in [1.29, 1.82) is 0 Å². The van der Waals surface area contributed by atoms with Gasteiger partial charge < -0.3 is 14.6 Å². The fourth-order valence-corrected chi connectivity index (χ4v) is 2.88. The molecule has 1 unspecified atom stereocenters. The third-order valence-electron chi connectivity index (χ3n) is 3.11. The molecular weight excluding hydrogens is 298 g/mol. The Labute approximate surface area is 135 Å². The van der Waals surface area contributed by atoms with E-state index in [-0.39, 0.29) is 11.2 Å². The minimum atomic E-state index is -0.248. The molecule has 0 aliphatic carbocycles. The molecule has 6 heteroatoms. The molecule has 0 aliphatic rings. The summed E-state index contributed by atoms with van der Waals surface area (Å²) in [6, 6.07) is 7.45. The summed E-state index contributed by atoms with van der Waals surface area (Å²) in [4.78, 5) is 16.7. The van der Waals surface area contributed by atoms with Gasteiger partial charge in [0.05, 0.1) is 17.5 Å². The van der Waals surface area contributed by atoms with E-state index in [1.54, 1.807) is 6.20 Å². The van der Waals surface area contributed by atoms with E-state index in [2.05, 4.69) is 17.2 Å². The predicted molar refractivity (Wildman–Crippen MR) is 89.5 cm³/mol. The van der Waals surface area contributed by atoms with Crippen LogP contribution in [0.2, 0.25) is 0 Å². The Bertz CT molecular complexity index is 627. The zero-order valence-electron chi connectivity index (χ0n) is 13.1. The van der Waals surface area contributed by atoms with Crippen LogP contribution in [0.4, 0.5) is 5.69 Å². The fourth-order valence-electron chi connectivity index (χ4n) is 1.95. The van der Waals surface area contributed by atoms with E-state index in [1.807, 2.05) is 48.9 Å². The molecule has 0 bridgehead atoms. The number of ether oxygens (including phenoxy) is 1. The lowest BCUT2D eigenvalue weighted by Gasteiger charge is -2.14. The lowest BCUT2D eigenvalue weighted by atomic mass is 10.3. The number of aromatic nitrogens is 2.